The molecule has 1 unspecified atom stereocenters. The van der Waals surface area contributed by atoms with E-state index in [0.29, 0.717) is 59.2 Å². The maximum absolute atomic E-state index is 13.9. The molecule has 7 heteroatoms. The van der Waals surface area contributed by atoms with Crippen molar-refractivity contribution in [3.8, 4) is 11.5 Å². The SMILES string of the molecule is CCOc1cc(C2c3c(oc4ccc(Cl)cc4c3=O)C(=O)N2CCc2ccccc2)ccc1OCc1ccccc1. The minimum atomic E-state index is -0.664. The van der Waals surface area contributed by atoms with Crippen LogP contribution in [0.4, 0.5) is 0 Å². The fourth-order valence-corrected chi connectivity index (χ4v) is 5.45. The molecule has 0 fully saturated rings. The Hall–Kier alpha value is -4.55. The Morgan fingerprint density at radius 2 is 1.56 bits per heavy atom. The van der Waals surface area contributed by atoms with Gasteiger partial charge in [0.25, 0.3) is 5.91 Å². The molecular weight excluding hydrogens is 538 g/mol. The van der Waals surface area contributed by atoms with Gasteiger partial charge in [0.15, 0.2) is 16.9 Å². The molecule has 0 spiro atoms. The van der Waals surface area contributed by atoms with Crippen LogP contribution in [0.15, 0.2) is 106 Å². The predicted molar refractivity (Wildman–Crippen MR) is 159 cm³/mol. The fraction of sp³-hybridized carbons (Fsp3) is 0.176. The number of carbonyl (C=O) groups is 1. The lowest BCUT2D eigenvalue weighted by Crippen LogP contribution is -2.31. The van der Waals surface area contributed by atoms with Gasteiger partial charge < -0.3 is 18.8 Å². The molecule has 0 aliphatic carbocycles. The van der Waals surface area contributed by atoms with E-state index in [4.69, 9.17) is 25.5 Å². The van der Waals surface area contributed by atoms with Crippen LogP contribution >= 0.6 is 11.6 Å². The average Bonchev–Trinajstić information content (AvgIpc) is 3.28. The number of hydrogen-bond donors (Lipinski definition) is 0. The molecule has 1 atom stereocenters. The molecule has 2 heterocycles. The smallest absolute Gasteiger partial charge is 0.290 e. The summed E-state index contributed by atoms with van der Waals surface area (Å²) in [7, 11) is 0. The zero-order valence-corrected chi connectivity index (χ0v) is 23.3. The Bertz CT molecular complexity index is 1770. The second-order valence-corrected chi connectivity index (χ2v) is 10.3. The summed E-state index contributed by atoms with van der Waals surface area (Å²) in [5.74, 6) is 0.859. The third kappa shape index (κ3) is 5.31. The summed E-state index contributed by atoms with van der Waals surface area (Å²) in [5, 5.41) is 0.761. The zero-order chi connectivity index (χ0) is 28.3. The summed E-state index contributed by atoms with van der Waals surface area (Å²) in [4.78, 5) is 29.4. The molecule has 1 aromatic heterocycles. The molecule has 0 saturated heterocycles. The van der Waals surface area contributed by atoms with Crippen molar-refractivity contribution >= 4 is 28.5 Å². The first kappa shape index (κ1) is 26.7. The van der Waals surface area contributed by atoms with Crippen LogP contribution in [0.2, 0.25) is 5.02 Å². The van der Waals surface area contributed by atoms with Crippen molar-refractivity contribution in [1.82, 2.24) is 4.90 Å². The first-order valence-electron chi connectivity index (χ1n) is 13.6. The van der Waals surface area contributed by atoms with Gasteiger partial charge in [0.1, 0.15) is 12.2 Å². The maximum Gasteiger partial charge on any atom is 0.290 e. The van der Waals surface area contributed by atoms with Crippen molar-refractivity contribution < 1.29 is 18.7 Å². The summed E-state index contributed by atoms with van der Waals surface area (Å²) in [5.41, 5.74) is 3.21. The van der Waals surface area contributed by atoms with Crippen molar-refractivity contribution in [2.45, 2.75) is 26.0 Å². The van der Waals surface area contributed by atoms with E-state index in [1.165, 1.54) is 0 Å². The summed E-state index contributed by atoms with van der Waals surface area (Å²) in [6.07, 6.45) is 0.618. The molecule has 206 valence electrons. The summed E-state index contributed by atoms with van der Waals surface area (Å²) in [6, 6.07) is 29.6. The minimum absolute atomic E-state index is 0.0604. The largest absolute Gasteiger partial charge is 0.490 e. The van der Waals surface area contributed by atoms with Gasteiger partial charge in [0.2, 0.25) is 5.76 Å². The van der Waals surface area contributed by atoms with Crippen LogP contribution in [0, 0.1) is 0 Å². The average molecular weight is 566 g/mol. The van der Waals surface area contributed by atoms with Crippen LogP contribution in [-0.2, 0) is 13.0 Å². The number of carbonyl (C=O) groups excluding carboxylic acids is 1. The third-order valence-corrected chi connectivity index (χ3v) is 7.47. The maximum atomic E-state index is 13.9. The van der Waals surface area contributed by atoms with Crippen LogP contribution in [-0.4, -0.2) is 24.0 Å². The van der Waals surface area contributed by atoms with E-state index in [1.807, 2.05) is 85.8 Å². The first-order chi connectivity index (χ1) is 20.0. The van der Waals surface area contributed by atoms with Crippen LogP contribution in [0.1, 0.15) is 45.8 Å². The quantitative estimate of drug-likeness (QED) is 0.189. The molecule has 4 aromatic carbocycles. The Labute approximate surface area is 242 Å². The second kappa shape index (κ2) is 11.5. The van der Waals surface area contributed by atoms with Crippen molar-refractivity contribution in [2.24, 2.45) is 0 Å². The molecule has 1 amide bonds. The predicted octanol–water partition coefficient (Wildman–Crippen LogP) is 7.21. The van der Waals surface area contributed by atoms with Gasteiger partial charge in [-0.25, -0.2) is 0 Å². The topological polar surface area (TPSA) is 69.0 Å². The van der Waals surface area contributed by atoms with Gasteiger partial charge in [-0.15, -0.1) is 0 Å². The molecule has 5 aromatic rings. The molecule has 0 N–H and O–H groups in total. The van der Waals surface area contributed by atoms with Gasteiger partial charge >= 0.3 is 0 Å². The third-order valence-electron chi connectivity index (χ3n) is 7.23. The highest BCUT2D eigenvalue weighted by Crippen LogP contribution is 2.41. The zero-order valence-electron chi connectivity index (χ0n) is 22.5. The van der Waals surface area contributed by atoms with Crippen LogP contribution in [0.5, 0.6) is 11.5 Å². The number of benzene rings is 4. The molecule has 1 aliphatic rings. The Kier molecular flexibility index (Phi) is 7.49. The van der Waals surface area contributed by atoms with Crippen molar-refractivity contribution in [2.75, 3.05) is 13.2 Å². The molecule has 1 aliphatic heterocycles. The lowest BCUT2D eigenvalue weighted by molar-refractivity contribution is 0.0729. The number of ether oxygens (including phenoxy) is 2. The molecule has 0 bridgehead atoms. The van der Waals surface area contributed by atoms with E-state index in [9.17, 15) is 9.59 Å². The summed E-state index contributed by atoms with van der Waals surface area (Å²) < 4.78 is 18.2. The molecular formula is C34H28ClNO5. The molecule has 0 radical (unpaired) electrons. The minimum Gasteiger partial charge on any atom is -0.490 e. The summed E-state index contributed by atoms with van der Waals surface area (Å²) >= 11 is 6.23. The number of hydrogen-bond acceptors (Lipinski definition) is 5. The molecule has 6 nitrogen and oxygen atoms in total. The van der Waals surface area contributed by atoms with E-state index >= 15 is 0 Å². The number of halogens is 1. The Morgan fingerprint density at radius 1 is 0.829 bits per heavy atom. The van der Waals surface area contributed by atoms with Crippen molar-refractivity contribution in [3.63, 3.8) is 0 Å². The van der Waals surface area contributed by atoms with Gasteiger partial charge in [0, 0.05) is 11.6 Å². The highest BCUT2D eigenvalue weighted by Gasteiger charge is 2.42. The van der Waals surface area contributed by atoms with Gasteiger partial charge in [0.05, 0.1) is 23.6 Å². The second-order valence-electron chi connectivity index (χ2n) is 9.86. The Morgan fingerprint density at radius 3 is 2.29 bits per heavy atom. The number of fused-ring (bicyclic) bond motifs is 2. The molecule has 0 saturated carbocycles. The van der Waals surface area contributed by atoms with Crippen LogP contribution in [0.25, 0.3) is 11.0 Å². The lowest BCUT2D eigenvalue weighted by Gasteiger charge is -2.26. The Balaban J connectivity index is 1.43. The van der Waals surface area contributed by atoms with Crippen LogP contribution < -0.4 is 14.9 Å². The van der Waals surface area contributed by atoms with Crippen molar-refractivity contribution in [3.05, 3.63) is 140 Å². The van der Waals surface area contributed by atoms with Crippen molar-refractivity contribution in [1.29, 1.82) is 0 Å². The first-order valence-corrected chi connectivity index (χ1v) is 14.0. The number of rotatable bonds is 9. The van der Waals surface area contributed by atoms with Gasteiger partial charge in [-0.3, -0.25) is 9.59 Å². The van der Waals surface area contributed by atoms with E-state index in [0.717, 1.165) is 16.7 Å². The van der Waals surface area contributed by atoms with E-state index in [-0.39, 0.29) is 17.1 Å². The highest BCUT2D eigenvalue weighted by molar-refractivity contribution is 6.31. The van der Waals surface area contributed by atoms with Gasteiger partial charge in [-0.05, 0) is 60.4 Å². The molecule has 41 heavy (non-hydrogen) atoms. The monoisotopic (exact) mass is 565 g/mol. The van der Waals surface area contributed by atoms with Gasteiger partial charge in [-0.2, -0.15) is 0 Å². The van der Waals surface area contributed by atoms with E-state index in [2.05, 4.69) is 0 Å². The standard InChI is InChI=1S/C34H28ClNO5/c1-2-39-29-19-24(13-15-28(29)40-21-23-11-7-4-8-12-23)31-30-32(37)26-20-25(35)14-16-27(26)41-33(30)34(38)36(31)18-17-22-9-5-3-6-10-22/h3-16,19-20,31H,2,17-18,21H2,1H3. The van der Waals surface area contributed by atoms with E-state index in [1.54, 1.807) is 23.1 Å². The highest BCUT2D eigenvalue weighted by atomic mass is 35.5. The van der Waals surface area contributed by atoms with Gasteiger partial charge in [-0.1, -0.05) is 78.3 Å². The normalized spacial score (nSPS) is 14.3. The van der Waals surface area contributed by atoms with E-state index < -0.39 is 6.04 Å². The fourth-order valence-electron chi connectivity index (χ4n) is 5.28. The number of nitrogens with zero attached hydrogens (tertiary/aromatic N) is 1. The molecule has 6 rings (SSSR count). The summed E-state index contributed by atoms with van der Waals surface area (Å²) in [6.45, 7) is 3.10. The number of amides is 1. The lowest BCUT2D eigenvalue weighted by atomic mass is 9.97. The van der Waals surface area contributed by atoms with Crippen LogP contribution in [0.3, 0.4) is 0 Å².